The molecule has 190 valence electrons. The molecule has 38 heavy (non-hydrogen) atoms. The highest BCUT2D eigenvalue weighted by atomic mass is 79.9. The maximum absolute atomic E-state index is 13.3. The largest absolute Gasteiger partial charge is 0.493 e. The molecule has 1 aliphatic rings. The molecule has 1 saturated heterocycles. The number of halogens is 2. The number of rotatable bonds is 6. The average Bonchev–Trinajstić information content (AvgIpc) is 2.91. The summed E-state index contributed by atoms with van der Waals surface area (Å²) in [6, 6.07) is 24.2. The molecule has 0 bridgehead atoms. The Labute approximate surface area is 237 Å². The van der Waals surface area contributed by atoms with Crippen LogP contribution in [0, 0.1) is 0 Å². The highest BCUT2D eigenvalue weighted by molar-refractivity contribution is 9.10. The number of fused-ring (bicyclic) bond motifs is 1. The Bertz CT molecular complexity index is 1620. The third-order valence-electron chi connectivity index (χ3n) is 6.00. The minimum atomic E-state index is -0.586. The van der Waals surface area contributed by atoms with Crippen LogP contribution in [0.3, 0.4) is 0 Å². The Hall–Kier alpha value is -3.72. The first-order chi connectivity index (χ1) is 18.4. The van der Waals surface area contributed by atoms with Crippen molar-refractivity contribution in [3.63, 3.8) is 0 Å². The zero-order valence-electron chi connectivity index (χ0n) is 20.0. The van der Waals surface area contributed by atoms with Gasteiger partial charge in [-0.1, -0.05) is 54.1 Å². The molecular formula is C29H20BrClN2O4S. The van der Waals surface area contributed by atoms with Crippen LogP contribution in [0.2, 0.25) is 5.02 Å². The molecule has 1 heterocycles. The second-order valence-electron chi connectivity index (χ2n) is 8.40. The molecule has 0 aromatic heterocycles. The first kappa shape index (κ1) is 25.9. The molecule has 6 nitrogen and oxygen atoms in total. The van der Waals surface area contributed by atoms with Gasteiger partial charge in [0.25, 0.3) is 11.8 Å². The molecule has 0 saturated carbocycles. The minimum absolute atomic E-state index is 0.00424. The molecule has 0 aliphatic carbocycles. The van der Waals surface area contributed by atoms with Gasteiger partial charge in [-0.2, -0.15) is 0 Å². The number of hydrogen-bond donors (Lipinski definition) is 1. The second kappa shape index (κ2) is 10.9. The Balaban J connectivity index is 1.44. The van der Waals surface area contributed by atoms with E-state index in [0.717, 1.165) is 16.3 Å². The van der Waals surface area contributed by atoms with E-state index in [1.807, 2.05) is 24.3 Å². The summed E-state index contributed by atoms with van der Waals surface area (Å²) >= 11 is 14.8. The molecule has 5 rings (SSSR count). The number of carbonyl (C=O) groups is 2. The molecule has 4 aromatic rings. The molecule has 2 amide bonds. The smallest absolute Gasteiger partial charge is 0.270 e. The van der Waals surface area contributed by atoms with Gasteiger partial charge in [0.15, 0.2) is 16.6 Å². The van der Waals surface area contributed by atoms with Crippen molar-refractivity contribution in [1.29, 1.82) is 0 Å². The van der Waals surface area contributed by atoms with Gasteiger partial charge in [0.1, 0.15) is 12.2 Å². The number of carbonyl (C=O) groups excluding carboxylic acids is 2. The van der Waals surface area contributed by atoms with Gasteiger partial charge in [0, 0.05) is 5.02 Å². The van der Waals surface area contributed by atoms with Crippen LogP contribution >= 0.6 is 39.7 Å². The fourth-order valence-corrected chi connectivity index (χ4v) is 5.16. The lowest BCUT2D eigenvalue weighted by molar-refractivity contribution is -0.122. The Morgan fingerprint density at radius 3 is 2.53 bits per heavy atom. The molecule has 0 atom stereocenters. The number of benzene rings is 4. The normalized spacial score (nSPS) is 14.7. The molecule has 0 spiro atoms. The van der Waals surface area contributed by atoms with Gasteiger partial charge in [-0.15, -0.1) is 0 Å². The van der Waals surface area contributed by atoms with Crippen LogP contribution in [0.1, 0.15) is 11.1 Å². The summed E-state index contributed by atoms with van der Waals surface area (Å²) in [4.78, 5) is 27.3. The van der Waals surface area contributed by atoms with E-state index in [2.05, 4.69) is 39.4 Å². The number of ether oxygens (including phenoxy) is 2. The monoisotopic (exact) mass is 606 g/mol. The van der Waals surface area contributed by atoms with Crippen LogP contribution in [0.25, 0.3) is 16.8 Å². The number of thiocarbonyl (C=S) groups is 1. The predicted octanol–water partition coefficient (Wildman–Crippen LogP) is 6.67. The number of hydrogen-bond acceptors (Lipinski definition) is 5. The molecule has 1 fully saturated rings. The molecule has 4 aromatic carbocycles. The van der Waals surface area contributed by atoms with Crippen molar-refractivity contribution >= 4 is 79.2 Å². The lowest BCUT2D eigenvalue weighted by atomic mass is 10.1. The van der Waals surface area contributed by atoms with E-state index in [9.17, 15) is 9.59 Å². The van der Waals surface area contributed by atoms with Gasteiger partial charge in [-0.05, 0) is 92.5 Å². The SMILES string of the molecule is COc1cc(/C=C2/C(=O)NC(=S)N(c3ccc(Cl)cc3)C2=O)cc(Br)c1OCc1cccc2ccccc12. The summed E-state index contributed by atoms with van der Waals surface area (Å²) in [6.45, 7) is 0.325. The van der Waals surface area contributed by atoms with Crippen LogP contribution in [0.5, 0.6) is 11.5 Å². The van der Waals surface area contributed by atoms with Gasteiger partial charge in [0.2, 0.25) is 0 Å². The number of nitrogens with one attached hydrogen (secondary N) is 1. The summed E-state index contributed by atoms with van der Waals surface area (Å²) in [7, 11) is 1.53. The first-order valence-corrected chi connectivity index (χ1v) is 13.1. The van der Waals surface area contributed by atoms with E-state index in [1.165, 1.54) is 18.1 Å². The standard InChI is InChI=1S/C29H20BrClN2O4S/c1-36-25-15-17(13-23-27(34)32-29(38)33(28(23)35)21-11-9-20(31)10-12-21)14-24(30)26(25)37-16-19-7-4-6-18-5-2-3-8-22(18)19/h2-15H,16H2,1H3,(H,32,34,38)/b23-13-. The molecule has 0 radical (unpaired) electrons. The zero-order valence-corrected chi connectivity index (χ0v) is 23.2. The Morgan fingerprint density at radius 2 is 1.76 bits per heavy atom. The molecule has 0 unspecified atom stereocenters. The van der Waals surface area contributed by atoms with Crippen molar-refractivity contribution < 1.29 is 19.1 Å². The number of anilines is 1. The highest BCUT2D eigenvalue weighted by Crippen LogP contribution is 2.38. The van der Waals surface area contributed by atoms with E-state index in [4.69, 9.17) is 33.3 Å². The van der Waals surface area contributed by atoms with Gasteiger partial charge in [-0.25, -0.2) is 0 Å². The minimum Gasteiger partial charge on any atom is -0.493 e. The van der Waals surface area contributed by atoms with Crippen molar-refractivity contribution in [2.75, 3.05) is 12.0 Å². The third kappa shape index (κ3) is 5.15. The van der Waals surface area contributed by atoms with Gasteiger partial charge in [-0.3, -0.25) is 19.8 Å². The van der Waals surface area contributed by atoms with E-state index in [0.29, 0.717) is 38.9 Å². The quantitative estimate of drug-likeness (QED) is 0.151. The maximum Gasteiger partial charge on any atom is 0.270 e. The van der Waals surface area contributed by atoms with E-state index >= 15 is 0 Å². The number of methoxy groups -OCH3 is 1. The van der Waals surface area contributed by atoms with Crippen molar-refractivity contribution in [2.24, 2.45) is 0 Å². The van der Waals surface area contributed by atoms with Crippen LogP contribution < -0.4 is 19.7 Å². The molecular weight excluding hydrogens is 588 g/mol. The molecule has 1 N–H and O–H groups in total. The van der Waals surface area contributed by atoms with E-state index in [1.54, 1.807) is 36.4 Å². The predicted molar refractivity (Wildman–Crippen MR) is 157 cm³/mol. The van der Waals surface area contributed by atoms with Crippen molar-refractivity contribution in [3.8, 4) is 11.5 Å². The lowest BCUT2D eigenvalue weighted by Crippen LogP contribution is -2.54. The van der Waals surface area contributed by atoms with Crippen LogP contribution in [-0.4, -0.2) is 24.0 Å². The lowest BCUT2D eigenvalue weighted by Gasteiger charge is -2.29. The summed E-state index contributed by atoms with van der Waals surface area (Å²) in [5.41, 5.74) is 2.01. The van der Waals surface area contributed by atoms with E-state index < -0.39 is 11.8 Å². The van der Waals surface area contributed by atoms with Crippen LogP contribution in [0.15, 0.2) is 88.9 Å². The summed E-state index contributed by atoms with van der Waals surface area (Å²) in [5, 5.41) is 5.33. The van der Waals surface area contributed by atoms with Crippen molar-refractivity contribution in [2.45, 2.75) is 6.61 Å². The second-order valence-corrected chi connectivity index (χ2v) is 10.1. The van der Waals surface area contributed by atoms with Gasteiger partial charge >= 0.3 is 0 Å². The topological polar surface area (TPSA) is 67.9 Å². The fourth-order valence-electron chi connectivity index (χ4n) is 4.18. The molecule has 9 heteroatoms. The molecule has 1 aliphatic heterocycles. The van der Waals surface area contributed by atoms with Crippen LogP contribution in [0.4, 0.5) is 5.69 Å². The number of nitrogens with zero attached hydrogens (tertiary/aromatic N) is 1. The first-order valence-electron chi connectivity index (χ1n) is 11.5. The van der Waals surface area contributed by atoms with Crippen molar-refractivity contribution in [3.05, 3.63) is 105 Å². The maximum atomic E-state index is 13.3. The van der Waals surface area contributed by atoms with Gasteiger partial charge < -0.3 is 9.47 Å². The van der Waals surface area contributed by atoms with Crippen LogP contribution in [-0.2, 0) is 16.2 Å². The summed E-state index contributed by atoms with van der Waals surface area (Å²) in [5.74, 6) is -0.185. The van der Waals surface area contributed by atoms with E-state index in [-0.39, 0.29) is 10.7 Å². The fraction of sp³-hybridized carbons (Fsp3) is 0.0690. The Morgan fingerprint density at radius 1 is 1.03 bits per heavy atom. The highest BCUT2D eigenvalue weighted by Gasteiger charge is 2.34. The summed E-state index contributed by atoms with van der Waals surface area (Å²) < 4.78 is 12.4. The average molecular weight is 608 g/mol. The summed E-state index contributed by atoms with van der Waals surface area (Å²) in [6.07, 6.45) is 1.49. The Kier molecular flexibility index (Phi) is 7.46. The van der Waals surface area contributed by atoms with Crippen molar-refractivity contribution in [1.82, 2.24) is 5.32 Å². The van der Waals surface area contributed by atoms with Gasteiger partial charge in [0.05, 0.1) is 17.3 Å². The third-order valence-corrected chi connectivity index (χ3v) is 7.13. The number of amides is 2. The zero-order chi connectivity index (χ0) is 26.8.